The Labute approximate surface area is 125 Å². The molecular weight excluding hydrogens is 299 g/mol. The fourth-order valence-corrected chi connectivity index (χ4v) is 2.15. The van der Waals surface area contributed by atoms with Crippen LogP contribution in [0.4, 0.5) is 13.2 Å². The summed E-state index contributed by atoms with van der Waals surface area (Å²) in [5.41, 5.74) is -0.380. The van der Waals surface area contributed by atoms with Crippen LogP contribution in [0.15, 0.2) is 24.3 Å². The van der Waals surface area contributed by atoms with Gasteiger partial charge in [-0.15, -0.1) is 0 Å². The van der Waals surface area contributed by atoms with E-state index in [0.717, 1.165) is 25.0 Å². The molecule has 1 fully saturated rings. The minimum absolute atomic E-state index is 0.146. The van der Waals surface area contributed by atoms with Crippen LogP contribution in [0.25, 0.3) is 0 Å². The van der Waals surface area contributed by atoms with Gasteiger partial charge in [-0.3, -0.25) is 4.79 Å². The molecule has 1 saturated carbocycles. The van der Waals surface area contributed by atoms with Crippen molar-refractivity contribution in [2.24, 2.45) is 5.92 Å². The molecule has 2 rings (SSSR count). The predicted octanol–water partition coefficient (Wildman–Crippen LogP) is 2.62. The second kappa shape index (κ2) is 6.37. The number of hydrogen-bond acceptors (Lipinski definition) is 2. The van der Waals surface area contributed by atoms with Gasteiger partial charge in [-0.25, -0.2) is 4.79 Å². The van der Waals surface area contributed by atoms with Crippen LogP contribution in [0.5, 0.6) is 0 Å². The van der Waals surface area contributed by atoms with Gasteiger partial charge < -0.3 is 10.4 Å². The molecule has 4 nitrogen and oxygen atoms in total. The summed E-state index contributed by atoms with van der Waals surface area (Å²) in [6.45, 7) is 0. The summed E-state index contributed by atoms with van der Waals surface area (Å²) in [5, 5.41) is 11.5. The van der Waals surface area contributed by atoms with Gasteiger partial charge in [-0.05, 0) is 30.0 Å². The average molecular weight is 315 g/mol. The van der Waals surface area contributed by atoms with Gasteiger partial charge in [-0.2, -0.15) is 13.2 Å². The van der Waals surface area contributed by atoms with Crippen molar-refractivity contribution in [2.45, 2.75) is 37.9 Å². The van der Waals surface area contributed by atoms with Crippen LogP contribution in [0.1, 0.15) is 30.4 Å². The van der Waals surface area contributed by atoms with Gasteiger partial charge >= 0.3 is 12.1 Å². The zero-order chi connectivity index (χ0) is 16.3. The second-order valence-corrected chi connectivity index (χ2v) is 5.51. The maximum absolute atomic E-state index is 12.4. The molecule has 1 aliphatic rings. The Bertz CT molecular complexity index is 550. The number of carboxylic acid groups (broad SMARTS) is 1. The monoisotopic (exact) mass is 315 g/mol. The Morgan fingerprint density at radius 3 is 2.27 bits per heavy atom. The van der Waals surface area contributed by atoms with E-state index in [4.69, 9.17) is 5.11 Å². The summed E-state index contributed by atoms with van der Waals surface area (Å²) in [6, 6.07) is 3.32. The van der Waals surface area contributed by atoms with Crippen molar-refractivity contribution in [3.63, 3.8) is 0 Å². The summed E-state index contributed by atoms with van der Waals surface area (Å²) in [6.07, 6.45) is -2.22. The number of amides is 1. The number of carboxylic acids is 1. The van der Waals surface area contributed by atoms with Gasteiger partial charge in [0, 0.05) is 0 Å². The molecule has 0 spiro atoms. The zero-order valence-corrected chi connectivity index (χ0v) is 11.7. The lowest BCUT2D eigenvalue weighted by molar-refractivity contribution is -0.142. The van der Waals surface area contributed by atoms with E-state index in [1.54, 1.807) is 0 Å². The average Bonchev–Trinajstić information content (AvgIpc) is 3.21. The first kappa shape index (κ1) is 16.3. The number of halogens is 3. The van der Waals surface area contributed by atoms with Crippen molar-refractivity contribution in [1.82, 2.24) is 5.32 Å². The summed E-state index contributed by atoms with van der Waals surface area (Å²) in [5.74, 6) is -1.26. The lowest BCUT2D eigenvalue weighted by Gasteiger charge is -2.14. The Balaban J connectivity index is 1.91. The van der Waals surface area contributed by atoms with Crippen molar-refractivity contribution >= 4 is 11.9 Å². The number of alkyl halides is 3. The van der Waals surface area contributed by atoms with Crippen LogP contribution in [0.3, 0.4) is 0 Å². The second-order valence-electron chi connectivity index (χ2n) is 5.51. The Hall–Kier alpha value is -2.05. The molecule has 0 aliphatic heterocycles. The Kier molecular flexibility index (Phi) is 4.73. The van der Waals surface area contributed by atoms with Gasteiger partial charge in [0.25, 0.3) is 0 Å². The molecule has 120 valence electrons. The van der Waals surface area contributed by atoms with Gasteiger partial charge in [-0.1, -0.05) is 25.0 Å². The van der Waals surface area contributed by atoms with Crippen LogP contribution >= 0.6 is 0 Å². The predicted molar refractivity (Wildman–Crippen MR) is 72.1 cm³/mol. The Morgan fingerprint density at radius 1 is 1.23 bits per heavy atom. The number of hydrogen-bond donors (Lipinski definition) is 2. The standard InChI is InChI=1S/C15H16F3NO3/c16-15(17,18)11-5-3-10(4-6-11)8-13(20)19-12(14(21)22)7-9-1-2-9/h3-6,9,12H,1-2,7-8H2,(H,19,20)(H,21,22)/t12-/m1/s1. The number of rotatable bonds is 6. The minimum atomic E-state index is -4.42. The molecule has 0 heterocycles. The van der Waals surface area contributed by atoms with Crippen molar-refractivity contribution in [3.8, 4) is 0 Å². The van der Waals surface area contributed by atoms with Crippen LogP contribution in [0, 0.1) is 5.92 Å². The van der Waals surface area contributed by atoms with E-state index >= 15 is 0 Å². The maximum atomic E-state index is 12.4. The molecule has 0 radical (unpaired) electrons. The number of carbonyl (C=O) groups is 2. The fourth-order valence-electron chi connectivity index (χ4n) is 2.15. The first-order valence-electron chi connectivity index (χ1n) is 6.94. The first-order chi connectivity index (χ1) is 10.3. The fraction of sp³-hybridized carbons (Fsp3) is 0.467. The SMILES string of the molecule is O=C(Cc1ccc(C(F)(F)F)cc1)N[C@H](CC1CC1)C(=O)O. The molecule has 0 bridgehead atoms. The van der Waals surface area contributed by atoms with Gasteiger partial charge in [0.2, 0.25) is 5.91 Å². The summed E-state index contributed by atoms with van der Waals surface area (Å²) in [4.78, 5) is 22.9. The molecular formula is C15H16F3NO3. The third-order valence-electron chi connectivity index (χ3n) is 3.55. The van der Waals surface area contributed by atoms with Gasteiger partial charge in [0.15, 0.2) is 0 Å². The van der Waals surface area contributed by atoms with Crippen molar-refractivity contribution in [1.29, 1.82) is 0 Å². The highest BCUT2D eigenvalue weighted by atomic mass is 19.4. The number of aliphatic carboxylic acids is 1. The molecule has 0 saturated heterocycles. The normalized spacial score (nSPS) is 16.1. The number of nitrogens with one attached hydrogen (secondary N) is 1. The molecule has 1 amide bonds. The number of carbonyl (C=O) groups excluding carboxylic acids is 1. The van der Waals surface area contributed by atoms with Crippen LogP contribution in [-0.2, 0) is 22.2 Å². The molecule has 22 heavy (non-hydrogen) atoms. The molecule has 2 N–H and O–H groups in total. The van der Waals surface area contributed by atoms with Crippen LogP contribution < -0.4 is 5.32 Å². The van der Waals surface area contributed by atoms with E-state index in [1.165, 1.54) is 12.1 Å². The van der Waals surface area contributed by atoms with Crippen molar-refractivity contribution < 1.29 is 27.9 Å². The van der Waals surface area contributed by atoms with Crippen LogP contribution in [-0.4, -0.2) is 23.0 Å². The number of benzene rings is 1. The molecule has 7 heteroatoms. The molecule has 1 aliphatic carbocycles. The topological polar surface area (TPSA) is 66.4 Å². The van der Waals surface area contributed by atoms with E-state index in [-0.39, 0.29) is 6.42 Å². The first-order valence-corrected chi connectivity index (χ1v) is 6.94. The largest absolute Gasteiger partial charge is 0.480 e. The summed E-state index contributed by atoms with van der Waals surface area (Å²) < 4.78 is 37.3. The van der Waals surface area contributed by atoms with E-state index < -0.39 is 29.7 Å². The molecule has 1 atom stereocenters. The highest BCUT2D eigenvalue weighted by molar-refractivity contribution is 5.84. The highest BCUT2D eigenvalue weighted by Gasteiger charge is 2.31. The molecule has 1 aromatic carbocycles. The molecule has 1 aromatic rings. The molecule has 0 unspecified atom stereocenters. The Morgan fingerprint density at radius 2 is 1.82 bits per heavy atom. The van der Waals surface area contributed by atoms with E-state index in [2.05, 4.69) is 5.32 Å². The van der Waals surface area contributed by atoms with Crippen molar-refractivity contribution in [2.75, 3.05) is 0 Å². The third kappa shape index (κ3) is 4.75. The van der Waals surface area contributed by atoms with E-state index in [1.807, 2.05) is 0 Å². The quantitative estimate of drug-likeness (QED) is 0.848. The lowest BCUT2D eigenvalue weighted by Crippen LogP contribution is -2.41. The highest BCUT2D eigenvalue weighted by Crippen LogP contribution is 2.33. The maximum Gasteiger partial charge on any atom is 0.416 e. The van der Waals surface area contributed by atoms with E-state index in [0.29, 0.717) is 17.9 Å². The van der Waals surface area contributed by atoms with Crippen LogP contribution in [0.2, 0.25) is 0 Å². The summed E-state index contributed by atoms with van der Waals surface area (Å²) >= 11 is 0. The van der Waals surface area contributed by atoms with Crippen molar-refractivity contribution in [3.05, 3.63) is 35.4 Å². The van der Waals surface area contributed by atoms with Gasteiger partial charge in [0.1, 0.15) is 6.04 Å². The molecule has 0 aromatic heterocycles. The smallest absolute Gasteiger partial charge is 0.416 e. The van der Waals surface area contributed by atoms with Gasteiger partial charge in [0.05, 0.1) is 12.0 Å². The minimum Gasteiger partial charge on any atom is -0.480 e. The van der Waals surface area contributed by atoms with E-state index in [9.17, 15) is 22.8 Å². The summed E-state index contributed by atoms with van der Waals surface area (Å²) in [7, 11) is 0. The zero-order valence-electron chi connectivity index (χ0n) is 11.7. The lowest BCUT2D eigenvalue weighted by atomic mass is 10.1. The third-order valence-corrected chi connectivity index (χ3v) is 3.55.